The highest BCUT2D eigenvalue weighted by molar-refractivity contribution is 5.66. The molecular formula is C20H32O4. The molecule has 24 heavy (non-hydrogen) atoms. The van der Waals surface area contributed by atoms with Gasteiger partial charge in [0, 0.05) is 6.42 Å². The van der Waals surface area contributed by atoms with E-state index in [0.29, 0.717) is 19.3 Å². The molecule has 0 aliphatic carbocycles. The first-order valence-electron chi connectivity index (χ1n) is 8.75. The van der Waals surface area contributed by atoms with Crippen LogP contribution in [-0.4, -0.2) is 33.5 Å². The van der Waals surface area contributed by atoms with Crippen molar-refractivity contribution in [3.05, 3.63) is 48.6 Å². The van der Waals surface area contributed by atoms with Crippen LogP contribution in [0.1, 0.15) is 58.3 Å². The minimum Gasteiger partial charge on any atom is -0.481 e. The van der Waals surface area contributed by atoms with Crippen molar-refractivity contribution in [1.82, 2.24) is 0 Å². The SMILES string of the molecule is CC/C=C\C/C=C\C[C@@H](O)[C@@H](O)C/C=C\C/C=C\CCCC(=O)O. The van der Waals surface area contributed by atoms with E-state index in [4.69, 9.17) is 5.11 Å². The summed E-state index contributed by atoms with van der Waals surface area (Å²) >= 11 is 0. The Morgan fingerprint density at radius 3 is 1.83 bits per heavy atom. The van der Waals surface area contributed by atoms with Crippen molar-refractivity contribution in [2.24, 2.45) is 0 Å². The minimum atomic E-state index is -0.761. The zero-order chi connectivity index (χ0) is 18.0. The molecule has 3 N–H and O–H groups in total. The predicted molar refractivity (Wildman–Crippen MR) is 98.8 cm³/mol. The fourth-order valence-corrected chi connectivity index (χ4v) is 1.98. The van der Waals surface area contributed by atoms with E-state index in [-0.39, 0.29) is 6.42 Å². The van der Waals surface area contributed by atoms with E-state index in [2.05, 4.69) is 19.1 Å². The molecule has 0 fully saturated rings. The highest BCUT2D eigenvalue weighted by atomic mass is 16.4. The van der Waals surface area contributed by atoms with Gasteiger partial charge in [0.15, 0.2) is 0 Å². The summed E-state index contributed by atoms with van der Waals surface area (Å²) in [6, 6.07) is 0. The number of aliphatic hydroxyl groups is 2. The smallest absolute Gasteiger partial charge is 0.303 e. The van der Waals surface area contributed by atoms with Crippen LogP contribution in [0.25, 0.3) is 0 Å². The van der Waals surface area contributed by atoms with Crippen molar-refractivity contribution >= 4 is 5.97 Å². The van der Waals surface area contributed by atoms with Crippen molar-refractivity contribution < 1.29 is 20.1 Å². The number of carboxylic acid groups (broad SMARTS) is 1. The summed E-state index contributed by atoms with van der Waals surface area (Å²) in [6.45, 7) is 2.09. The quantitative estimate of drug-likeness (QED) is 0.329. The summed E-state index contributed by atoms with van der Waals surface area (Å²) in [6.07, 6.45) is 19.5. The molecule has 0 saturated carbocycles. The van der Waals surface area contributed by atoms with Crippen molar-refractivity contribution in [1.29, 1.82) is 0 Å². The molecule has 0 spiro atoms. The average molecular weight is 336 g/mol. The zero-order valence-corrected chi connectivity index (χ0v) is 14.7. The number of allylic oxidation sites excluding steroid dienone is 6. The first kappa shape index (κ1) is 22.4. The molecule has 2 atom stereocenters. The van der Waals surface area contributed by atoms with Gasteiger partial charge in [0.1, 0.15) is 0 Å². The second kappa shape index (κ2) is 16.2. The molecule has 0 amide bonds. The number of carbonyl (C=O) groups is 1. The minimum absolute atomic E-state index is 0.202. The number of rotatable bonds is 14. The highest BCUT2D eigenvalue weighted by Gasteiger charge is 2.12. The number of aliphatic hydroxyl groups excluding tert-OH is 2. The van der Waals surface area contributed by atoms with Gasteiger partial charge in [-0.1, -0.05) is 55.5 Å². The van der Waals surface area contributed by atoms with E-state index < -0.39 is 18.2 Å². The normalized spacial score (nSPS) is 15.1. The van der Waals surface area contributed by atoms with Gasteiger partial charge in [-0.15, -0.1) is 0 Å². The van der Waals surface area contributed by atoms with Crippen LogP contribution < -0.4 is 0 Å². The van der Waals surface area contributed by atoms with Crippen LogP contribution in [0.15, 0.2) is 48.6 Å². The Bertz CT molecular complexity index is 421. The number of aliphatic carboxylic acids is 1. The summed E-state index contributed by atoms with van der Waals surface area (Å²) in [7, 11) is 0. The van der Waals surface area contributed by atoms with Gasteiger partial charge in [-0.2, -0.15) is 0 Å². The first-order chi connectivity index (χ1) is 11.6. The third-order valence-corrected chi connectivity index (χ3v) is 3.41. The molecule has 0 aliphatic heterocycles. The van der Waals surface area contributed by atoms with Gasteiger partial charge in [0.25, 0.3) is 0 Å². The molecule has 0 unspecified atom stereocenters. The van der Waals surface area contributed by atoms with Crippen molar-refractivity contribution in [3.63, 3.8) is 0 Å². The van der Waals surface area contributed by atoms with Gasteiger partial charge in [0.2, 0.25) is 0 Å². The highest BCUT2D eigenvalue weighted by Crippen LogP contribution is 2.06. The van der Waals surface area contributed by atoms with Crippen LogP contribution in [0.2, 0.25) is 0 Å². The van der Waals surface area contributed by atoms with Crippen molar-refractivity contribution in [3.8, 4) is 0 Å². The largest absolute Gasteiger partial charge is 0.481 e. The van der Waals surface area contributed by atoms with Gasteiger partial charge >= 0.3 is 5.97 Å². The van der Waals surface area contributed by atoms with E-state index in [1.54, 1.807) is 0 Å². The van der Waals surface area contributed by atoms with Crippen LogP contribution >= 0.6 is 0 Å². The third-order valence-electron chi connectivity index (χ3n) is 3.41. The fraction of sp³-hybridized carbons (Fsp3) is 0.550. The molecule has 4 heteroatoms. The Morgan fingerprint density at radius 2 is 1.33 bits per heavy atom. The Kier molecular flexibility index (Phi) is 15.1. The topological polar surface area (TPSA) is 77.8 Å². The van der Waals surface area contributed by atoms with Gasteiger partial charge in [0.05, 0.1) is 12.2 Å². The molecule has 4 nitrogen and oxygen atoms in total. The Balaban J connectivity index is 3.74. The predicted octanol–water partition coefficient (Wildman–Crippen LogP) is 4.16. The number of hydrogen-bond donors (Lipinski definition) is 3. The molecule has 0 aromatic rings. The van der Waals surface area contributed by atoms with Gasteiger partial charge in [-0.05, 0) is 44.9 Å². The van der Waals surface area contributed by atoms with E-state index in [1.807, 2.05) is 36.5 Å². The summed E-state index contributed by atoms with van der Waals surface area (Å²) < 4.78 is 0. The number of unbranched alkanes of at least 4 members (excludes halogenated alkanes) is 1. The van der Waals surface area contributed by atoms with Gasteiger partial charge in [-0.25, -0.2) is 0 Å². The lowest BCUT2D eigenvalue weighted by Crippen LogP contribution is -2.24. The average Bonchev–Trinajstić information content (AvgIpc) is 2.55. The molecule has 0 aliphatic rings. The molecule has 0 bridgehead atoms. The van der Waals surface area contributed by atoms with E-state index in [0.717, 1.165) is 25.7 Å². The van der Waals surface area contributed by atoms with Crippen LogP contribution in [0.4, 0.5) is 0 Å². The number of hydrogen-bond acceptors (Lipinski definition) is 3. The maximum Gasteiger partial charge on any atom is 0.303 e. The lowest BCUT2D eigenvalue weighted by atomic mass is 10.1. The monoisotopic (exact) mass is 336 g/mol. The van der Waals surface area contributed by atoms with Crippen molar-refractivity contribution in [2.75, 3.05) is 0 Å². The van der Waals surface area contributed by atoms with Crippen molar-refractivity contribution in [2.45, 2.75) is 70.5 Å². The summed E-state index contributed by atoms with van der Waals surface area (Å²) in [4.78, 5) is 10.3. The molecule has 0 saturated heterocycles. The van der Waals surface area contributed by atoms with Crippen LogP contribution in [0.5, 0.6) is 0 Å². The molecule has 136 valence electrons. The standard InChI is InChI=1S/C20H32O4/c1-2-3-4-5-9-12-15-18(21)19(22)16-13-10-7-6-8-11-14-17-20(23)24/h3-4,6,8-10,12-13,18-19,21-22H,2,5,7,11,14-17H2,1H3,(H,23,24)/b4-3-,8-6-,12-9-,13-10-/t18-,19+/m1/s1. The second-order valence-electron chi connectivity index (χ2n) is 5.66. The second-order valence-corrected chi connectivity index (χ2v) is 5.66. The van der Waals surface area contributed by atoms with Crippen LogP contribution in [-0.2, 0) is 4.79 Å². The lowest BCUT2D eigenvalue weighted by molar-refractivity contribution is -0.137. The Labute approximate surface area is 145 Å². The van der Waals surface area contributed by atoms with E-state index in [9.17, 15) is 15.0 Å². The Morgan fingerprint density at radius 1 is 0.833 bits per heavy atom. The fourth-order valence-electron chi connectivity index (χ4n) is 1.98. The van der Waals surface area contributed by atoms with Gasteiger partial charge < -0.3 is 15.3 Å². The molecule has 0 radical (unpaired) electrons. The molecule has 0 heterocycles. The van der Waals surface area contributed by atoms with E-state index >= 15 is 0 Å². The summed E-state index contributed by atoms with van der Waals surface area (Å²) in [5.41, 5.74) is 0. The zero-order valence-electron chi connectivity index (χ0n) is 14.7. The maximum atomic E-state index is 10.3. The Hall–Kier alpha value is -1.65. The molecule has 0 aromatic heterocycles. The first-order valence-corrected chi connectivity index (χ1v) is 8.75. The van der Waals surface area contributed by atoms with Crippen LogP contribution in [0, 0.1) is 0 Å². The summed E-state index contributed by atoms with van der Waals surface area (Å²) in [5, 5.41) is 28.2. The maximum absolute atomic E-state index is 10.3. The summed E-state index contributed by atoms with van der Waals surface area (Å²) in [5.74, 6) is -0.761. The third kappa shape index (κ3) is 15.3. The number of carboxylic acids is 1. The molecule has 0 aromatic carbocycles. The van der Waals surface area contributed by atoms with Gasteiger partial charge in [-0.3, -0.25) is 4.79 Å². The molecule has 0 rings (SSSR count). The van der Waals surface area contributed by atoms with Crippen LogP contribution in [0.3, 0.4) is 0 Å². The lowest BCUT2D eigenvalue weighted by Gasteiger charge is -2.14. The molecular weight excluding hydrogens is 304 g/mol. The van der Waals surface area contributed by atoms with E-state index in [1.165, 1.54) is 0 Å².